The second-order valence-electron chi connectivity index (χ2n) is 8.69. The number of thiazole rings is 1. The van der Waals surface area contributed by atoms with Gasteiger partial charge in [0.1, 0.15) is 5.82 Å². The molecule has 0 radical (unpaired) electrons. The molecule has 0 atom stereocenters. The maximum absolute atomic E-state index is 13.4. The monoisotopic (exact) mass is 527 g/mol. The number of nitrogens with one attached hydrogen (secondary N) is 1. The largest absolute Gasteiger partial charge is 0.335 e. The fraction of sp³-hybridized carbons (Fsp3) is 0.280. The Labute approximate surface area is 216 Å². The van der Waals surface area contributed by atoms with Gasteiger partial charge in [0, 0.05) is 68.1 Å². The van der Waals surface area contributed by atoms with E-state index in [4.69, 9.17) is 11.6 Å². The number of nitrogens with zero attached hydrogens (tertiary/aromatic N) is 4. The van der Waals surface area contributed by atoms with Crippen LogP contribution in [0.15, 0.2) is 54.0 Å². The number of hydrogen-bond acceptors (Lipinski definition) is 6. The average molecular weight is 528 g/mol. The molecule has 2 aromatic carbocycles. The first kappa shape index (κ1) is 24.4. The van der Waals surface area contributed by atoms with E-state index in [0.717, 1.165) is 19.2 Å². The summed E-state index contributed by atoms with van der Waals surface area (Å²) in [6, 6.07) is 10.4. The van der Waals surface area contributed by atoms with Gasteiger partial charge in [0.05, 0.1) is 10.6 Å². The molecule has 2 fully saturated rings. The van der Waals surface area contributed by atoms with Crippen LogP contribution in [0.4, 0.5) is 10.1 Å². The minimum Gasteiger partial charge on any atom is -0.335 e. The Hall–Kier alpha value is -3.34. The number of amides is 3. The van der Waals surface area contributed by atoms with Crippen LogP contribution < -0.4 is 5.32 Å². The summed E-state index contributed by atoms with van der Waals surface area (Å²) in [6.07, 6.45) is 1.64. The van der Waals surface area contributed by atoms with E-state index in [-0.39, 0.29) is 28.4 Å². The third-order valence-corrected chi connectivity index (χ3v) is 7.54. The molecule has 186 valence electrons. The first-order valence-electron chi connectivity index (χ1n) is 11.5. The minimum atomic E-state index is -0.551. The van der Waals surface area contributed by atoms with Crippen LogP contribution >= 0.6 is 22.9 Å². The normalized spacial score (nSPS) is 16.5. The maximum Gasteiger partial charge on any atom is 0.282 e. The highest BCUT2D eigenvalue weighted by molar-refractivity contribution is 7.11. The van der Waals surface area contributed by atoms with Crippen LogP contribution in [0.3, 0.4) is 0 Å². The van der Waals surface area contributed by atoms with Crippen molar-refractivity contribution < 1.29 is 18.8 Å². The van der Waals surface area contributed by atoms with Crippen molar-refractivity contribution in [2.24, 2.45) is 0 Å². The van der Waals surface area contributed by atoms with E-state index in [1.165, 1.54) is 23.5 Å². The Kier molecular flexibility index (Phi) is 6.99. The molecule has 0 spiro atoms. The Morgan fingerprint density at radius 1 is 0.972 bits per heavy atom. The Morgan fingerprint density at radius 3 is 2.36 bits per heavy atom. The lowest BCUT2D eigenvalue weighted by atomic mass is 10.0. The lowest BCUT2D eigenvalue weighted by Gasteiger charge is -2.48. The predicted molar refractivity (Wildman–Crippen MR) is 135 cm³/mol. The van der Waals surface area contributed by atoms with Crippen LogP contribution in [0.2, 0.25) is 5.02 Å². The quantitative estimate of drug-likeness (QED) is 0.549. The highest BCUT2D eigenvalue weighted by Gasteiger charge is 2.37. The van der Waals surface area contributed by atoms with Gasteiger partial charge in [-0.1, -0.05) is 11.6 Å². The van der Waals surface area contributed by atoms with Gasteiger partial charge < -0.3 is 15.1 Å². The number of benzene rings is 2. The summed E-state index contributed by atoms with van der Waals surface area (Å²) in [5.74, 6) is -1.18. The molecule has 5 rings (SSSR count). The van der Waals surface area contributed by atoms with Crippen molar-refractivity contribution in [2.45, 2.75) is 6.04 Å². The number of piperazine rings is 1. The van der Waals surface area contributed by atoms with E-state index in [1.807, 2.05) is 4.90 Å². The van der Waals surface area contributed by atoms with Crippen LogP contribution in [0, 0.1) is 5.82 Å². The summed E-state index contributed by atoms with van der Waals surface area (Å²) in [5, 5.41) is 5.14. The number of hydrogen-bond donors (Lipinski definition) is 1. The molecular weight excluding hydrogens is 505 g/mol. The summed E-state index contributed by atoms with van der Waals surface area (Å²) in [6.45, 7) is 4.11. The predicted octanol–water partition coefficient (Wildman–Crippen LogP) is 3.47. The third kappa shape index (κ3) is 5.11. The SMILES string of the molecule is O=C(Nc1ccc(C(=O)N2CC(N3CCN(C(=O)c4nccs4)CC3)C2)cc1)c1cc(F)ccc1Cl. The van der Waals surface area contributed by atoms with E-state index in [1.54, 1.807) is 40.7 Å². The molecule has 2 aliphatic rings. The third-order valence-electron chi connectivity index (χ3n) is 6.45. The first-order chi connectivity index (χ1) is 17.4. The molecule has 2 aliphatic heterocycles. The van der Waals surface area contributed by atoms with Crippen LogP contribution in [0.5, 0.6) is 0 Å². The minimum absolute atomic E-state index is 0.0197. The Balaban J connectivity index is 1.10. The smallest absolute Gasteiger partial charge is 0.282 e. The van der Waals surface area contributed by atoms with Gasteiger partial charge >= 0.3 is 0 Å². The number of carbonyl (C=O) groups excluding carboxylic acids is 3. The summed E-state index contributed by atoms with van der Waals surface area (Å²) < 4.78 is 13.4. The maximum atomic E-state index is 13.4. The lowest BCUT2D eigenvalue weighted by molar-refractivity contribution is 0.00853. The molecular formula is C25H23ClFN5O3S. The summed E-state index contributed by atoms with van der Waals surface area (Å²) >= 11 is 7.34. The van der Waals surface area contributed by atoms with Crippen molar-refractivity contribution in [3.63, 3.8) is 0 Å². The molecule has 0 unspecified atom stereocenters. The summed E-state index contributed by atoms with van der Waals surface area (Å²) in [5.41, 5.74) is 1.04. The Morgan fingerprint density at radius 2 is 1.69 bits per heavy atom. The van der Waals surface area contributed by atoms with Crippen molar-refractivity contribution >= 4 is 46.3 Å². The summed E-state index contributed by atoms with van der Waals surface area (Å²) in [4.78, 5) is 47.8. The van der Waals surface area contributed by atoms with Gasteiger partial charge in [0.15, 0.2) is 5.01 Å². The van der Waals surface area contributed by atoms with E-state index >= 15 is 0 Å². The molecule has 1 N–H and O–H groups in total. The van der Waals surface area contributed by atoms with Gasteiger partial charge in [-0.2, -0.15) is 0 Å². The summed E-state index contributed by atoms with van der Waals surface area (Å²) in [7, 11) is 0. The van der Waals surface area contributed by atoms with Crippen molar-refractivity contribution in [3.05, 3.63) is 81.0 Å². The fourth-order valence-corrected chi connectivity index (χ4v) is 5.16. The van der Waals surface area contributed by atoms with Gasteiger partial charge in [0.2, 0.25) is 0 Å². The topological polar surface area (TPSA) is 85.9 Å². The number of rotatable bonds is 5. The van der Waals surface area contributed by atoms with Gasteiger partial charge in [-0.15, -0.1) is 11.3 Å². The fourth-order valence-electron chi connectivity index (χ4n) is 4.36. The highest BCUT2D eigenvalue weighted by Crippen LogP contribution is 2.22. The molecule has 2 saturated heterocycles. The molecule has 3 aromatic rings. The molecule has 0 bridgehead atoms. The number of carbonyl (C=O) groups is 3. The van der Waals surface area contributed by atoms with Gasteiger partial charge in [0.25, 0.3) is 17.7 Å². The van der Waals surface area contributed by atoms with E-state index in [9.17, 15) is 18.8 Å². The molecule has 3 amide bonds. The van der Waals surface area contributed by atoms with Crippen LogP contribution in [-0.2, 0) is 0 Å². The molecule has 0 aliphatic carbocycles. The zero-order chi connectivity index (χ0) is 25.2. The first-order valence-corrected chi connectivity index (χ1v) is 12.7. The van der Waals surface area contributed by atoms with Gasteiger partial charge in [-0.25, -0.2) is 9.37 Å². The van der Waals surface area contributed by atoms with Crippen molar-refractivity contribution in [1.82, 2.24) is 19.7 Å². The van der Waals surface area contributed by atoms with Crippen LogP contribution in [0.25, 0.3) is 0 Å². The second kappa shape index (κ2) is 10.3. The van der Waals surface area contributed by atoms with E-state index in [0.29, 0.717) is 42.4 Å². The molecule has 8 nitrogen and oxygen atoms in total. The number of halogens is 2. The molecule has 36 heavy (non-hydrogen) atoms. The number of anilines is 1. The number of likely N-dealkylation sites (tertiary alicyclic amines) is 1. The zero-order valence-corrected chi connectivity index (χ0v) is 20.8. The molecule has 1 aromatic heterocycles. The highest BCUT2D eigenvalue weighted by atomic mass is 35.5. The zero-order valence-electron chi connectivity index (χ0n) is 19.2. The van der Waals surface area contributed by atoms with Crippen LogP contribution in [-0.4, -0.2) is 82.7 Å². The molecule has 3 heterocycles. The lowest BCUT2D eigenvalue weighted by Crippen LogP contribution is -2.64. The molecule has 11 heteroatoms. The number of aromatic nitrogens is 1. The van der Waals surface area contributed by atoms with Crippen molar-refractivity contribution in [2.75, 3.05) is 44.6 Å². The van der Waals surface area contributed by atoms with E-state index in [2.05, 4.69) is 15.2 Å². The molecule has 0 saturated carbocycles. The van der Waals surface area contributed by atoms with Gasteiger partial charge in [-0.05, 0) is 42.5 Å². The average Bonchev–Trinajstić information content (AvgIpc) is 3.40. The van der Waals surface area contributed by atoms with E-state index < -0.39 is 11.7 Å². The van der Waals surface area contributed by atoms with Crippen molar-refractivity contribution in [1.29, 1.82) is 0 Å². The van der Waals surface area contributed by atoms with Crippen LogP contribution in [0.1, 0.15) is 30.5 Å². The second-order valence-corrected chi connectivity index (χ2v) is 9.99. The van der Waals surface area contributed by atoms with Crippen molar-refractivity contribution in [3.8, 4) is 0 Å². The standard InChI is InChI=1S/C25H23ClFN5O3S/c26-21-6-3-17(27)13-20(21)22(33)29-18-4-1-16(2-5-18)24(34)32-14-19(15-32)30-8-10-31(11-9-30)25(35)23-28-7-12-36-23/h1-7,12-13,19H,8-11,14-15H2,(H,29,33). The van der Waals surface area contributed by atoms with Gasteiger partial charge in [-0.3, -0.25) is 19.3 Å². The Bertz CT molecular complexity index is 1270.